The summed E-state index contributed by atoms with van der Waals surface area (Å²) in [5.74, 6) is 0.629. The van der Waals surface area contributed by atoms with Crippen LogP contribution in [-0.2, 0) is 9.53 Å². The highest BCUT2D eigenvalue weighted by molar-refractivity contribution is 5.69. The lowest BCUT2D eigenvalue weighted by molar-refractivity contribution is -0.144. The molecular formula is C11H22O2. The van der Waals surface area contributed by atoms with Crippen LogP contribution in [0.3, 0.4) is 0 Å². The molecule has 0 amide bonds. The molecule has 78 valence electrons. The lowest BCUT2D eigenvalue weighted by Gasteiger charge is -2.08. The molecule has 0 saturated carbocycles. The Bertz CT molecular complexity index is 132. The summed E-state index contributed by atoms with van der Waals surface area (Å²) >= 11 is 0. The van der Waals surface area contributed by atoms with Gasteiger partial charge in [0.25, 0.3) is 0 Å². The molecule has 0 aromatic rings. The Hall–Kier alpha value is -0.530. The van der Waals surface area contributed by atoms with E-state index in [1.165, 1.54) is 0 Å². The van der Waals surface area contributed by atoms with Crippen LogP contribution >= 0.6 is 0 Å². The van der Waals surface area contributed by atoms with E-state index in [0.29, 0.717) is 18.9 Å². The Morgan fingerprint density at radius 3 is 2.62 bits per heavy atom. The van der Waals surface area contributed by atoms with E-state index in [0.717, 1.165) is 25.7 Å². The van der Waals surface area contributed by atoms with Gasteiger partial charge in [-0.05, 0) is 18.8 Å². The van der Waals surface area contributed by atoms with Crippen molar-refractivity contribution in [2.75, 3.05) is 6.61 Å². The molecule has 0 rings (SSSR count). The van der Waals surface area contributed by atoms with Crippen molar-refractivity contribution in [3.63, 3.8) is 0 Å². The summed E-state index contributed by atoms with van der Waals surface area (Å²) in [5, 5.41) is 0. The fourth-order valence-electron chi connectivity index (χ4n) is 0.971. The van der Waals surface area contributed by atoms with E-state index in [2.05, 4.69) is 20.8 Å². The van der Waals surface area contributed by atoms with Gasteiger partial charge >= 0.3 is 5.97 Å². The van der Waals surface area contributed by atoms with E-state index >= 15 is 0 Å². The second-order valence-corrected chi connectivity index (χ2v) is 3.63. The van der Waals surface area contributed by atoms with Crippen LogP contribution in [0.25, 0.3) is 0 Å². The van der Waals surface area contributed by atoms with Crippen LogP contribution in [0.2, 0.25) is 0 Å². The Kier molecular flexibility index (Phi) is 7.76. The number of carbonyl (C=O) groups excluding carboxylic acids is 1. The minimum atomic E-state index is -0.0369. The zero-order valence-corrected chi connectivity index (χ0v) is 9.14. The summed E-state index contributed by atoms with van der Waals surface area (Å²) in [7, 11) is 0. The van der Waals surface area contributed by atoms with E-state index < -0.39 is 0 Å². The Balaban J connectivity index is 3.26. The SMILES string of the molecule is CCCCC(=O)OCCC(C)CC. The van der Waals surface area contributed by atoms with Gasteiger partial charge in [0.15, 0.2) is 0 Å². The third-order valence-electron chi connectivity index (χ3n) is 2.31. The monoisotopic (exact) mass is 186 g/mol. The molecule has 2 heteroatoms. The van der Waals surface area contributed by atoms with Gasteiger partial charge in [-0.15, -0.1) is 0 Å². The van der Waals surface area contributed by atoms with Crippen molar-refractivity contribution < 1.29 is 9.53 Å². The smallest absolute Gasteiger partial charge is 0.305 e. The average Bonchev–Trinajstić information content (AvgIpc) is 2.14. The Morgan fingerprint density at radius 1 is 1.38 bits per heavy atom. The van der Waals surface area contributed by atoms with Gasteiger partial charge in [-0.1, -0.05) is 33.6 Å². The lowest BCUT2D eigenvalue weighted by Crippen LogP contribution is -2.07. The third-order valence-corrected chi connectivity index (χ3v) is 2.31. The van der Waals surface area contributed by atoms with E-state index in [1.807, 2.05) is 0 Å². The Morgan fingerprint density at radius 2 is 2.08 bits per heavy atom. The molecule has 0 aliphatic heterocycles. The van der Waals surface area contributed by atoms with Gasteiger partial charge in [0.05, 0.1) is 6.61 Å². The van der Waals surface area contributed by atoms with Crippen molar-refractivity contribution >= 4 is 5.97 Å². The number of ether oxygens (including phenoxy) is 1. The zero-order valence-electron chi connectivity index (χ0n) is 9.14. The molecule has 0 heterocycles. The number of rotatable bonds is 7. The summed E-state index contributed by atoms with van der Waals surface area (Å²) in [6.07, 6.45) is 4.74. The van der Waals surface area contributed by atoms with Gasteiger partial charge in [-0.2, -0.15) is 0 Å². The van der Waals surface area contributed by atoms with Gasteiger partial charge in [-0.3, -0.25) is 4.79 Å². The molecule has 0 N–H and O–H groups in total. The largest absolute Gasteiger partial charge is 0.466 e. The molecule has 0 aliphatic rings. The van der Waals surface area contributed by atoms with Gasteiger partial charge < -0.3 is 4.74 Å². The maximum absolute atomic E-state index is 11.0. The van der Waals surface area contributed by atoms with Crippen LogP contribution in [0.1, 0.15) is 52.9 Å². The molecule has 0 saturated heterocycles. The number of esters is 1. The van der Waals surface area contributed by atoms with Crippen LogP contribution in [0, 0.1) is 5.92 Å². The first-order chi connectivity index (χ1) is 6.20. The van der Waals surface area contributed by atoms with Crippen molar-refractivity contribution in [3.8, 4) is 0 Å². The van der Waals surface area contributed by atoms with Gasteiger partial charge in [-0.25, -0.2) is 0 Å². The molecule has 0 radical (unpaired) electrons. The summed E-state index contributed by atoms with van der Waals surface area (Å²) < 4.78 is 5.08. The first-order valence-corrected chi connectivity index (χ1v) is 5.36. The molecule has 0 aromatic heterocycles. The molecule has 13 heavy (non-hydrogen) atoms. The number of hydrogen-bond acceptors (Lipinski definition) is 2. The van der Waals surface area contributed by atoms with Gasteiger partial charge in [0.1, 0.15) is 0 Å². The van der Waals surface area contributed by atoms with E-state index in [1.54, 1.807) is 0 Å². The minimum Gasteiger partial charge on any atom is -0.466 e. The first-order valence-electron chi connectivity index (χ1n) is 5.36. The number of carbonyl (C=O) groups is 1. The Labute approximate surface area is 81.7 Å². The second kappa shape index (κ2) is 8.09. The van der Waals surface area contributed by atoms with E-state index in [9.17, 15) is 4.79 Å². The highest BCUT2D eigenvalue weighted by atomic mass is 16.5. The van der Waals surface area contributed by atoms with Crippen LogP contribution in [0.4, 0.5) is 0 Å². The first kappa shape index (κ1) is 12.5. The molecule has 1 atom stereocenters. The molecule has 0 fully saturated rings. The molecule has 2 nitrogen and oxygen atoms in total. The molecule has 0 aromatic carbocycles. The lowest BCUT2D eigenvalue weighted by atomic mass is 10.1. The predicted octanol–water partition coefficient (Wildman–Crippen LogP) is 3.16. The van der Waals surface area contributed by atoms with E-state index in [-0.39, 0.29) is 5.97 Å². The minimum absolute atomic E-state index is 0.0369. The van der Waals surface area contributed by atoms with Crippen molar-refractivity contribution in [2.45, 2.75) is 52.9 Å². The fraction of sp³-hybridized carbons (Fsp3) is 0.909. The quantitative estimate of drug-likeness (QED) is 0.571. The highest BCUT2D eigenvalue weighted by Gasteiger charge is 2.03. The fourth-order valence-corrected chi connectivity index (χ4v) is 0.971. The highest BCUT2D eigenvalue weighted by Crippen LogP contribution is 2.06. The zero-order chi connectivity index (χ0) is 10.1. The average molecular weight is 186 g/mol. The number of hydrogen-bond donors (Lipinski definition) is 0. The van der Waals surface area contributed by atoms with Gasteiger partial charge in [0.2, 0.25) is 0 Å². The summed E-state index contributed by atoms with van der Waals surface area (Å²) in [6.45, 7) is 7.01. The van der Waals surface area contributed by atoms with Gasteiger partial charge in [0, 0.05) is 6.42 Å². The van der Waals surface area contributed by atoms with Crippen molar-refractivity contribution in [3.05, 3.63) is 0 Å². The normalized spacial score (nSPS) is 12.5. The maximum Gasteiger partial charge on any atom is 0.305 e. The summed E-state index contributed by atoms with van der Waals surface area (Å²) in [5.41, 5.74) is 0. The second-order valence-electron chi connectivity index (χ2n) is 3.63. The van der Waals surface area contributed by atoms with Crippen LogP contribution in [0.5, 0.6) is 0 Å². The molecule has 1 unspecified atom stereocenters. The van der Waals surface area contributed by atoms with Crippen LogP contribution in [-0.4, -0.2) is 12.6 Å². The summed E-state index contributed by atoms with van der Waals surface area (Å²) in [4.78, 5) is 11.0. The maximum atomic E-state index is 11.0. The standard InChI is InChI=1S/C11H22O2/c1-4-6-7-11(12)13-9-8-10(3)5-2/h10H,4-9H2,1-3H3. The van der Waals surface area contributed by atoms with Crippen molar-refractivity contribution in [1.29, 1.82) is 0 Å². The predicted molar refractivity (Wildman–Crippen MR) is 54.6 cm³/mol. The molecule has 0 spiro atoms. The third kappa shape index (κ3) is 7.82. The molecule has 0 aliphatic carbocycles. The van der Waals surface area contributed by atoms with Crippen LogP contribution < -0.4 is 0 Å². The topological polar surface area (TPSA) is 26.3 Å². The van der Waals surface area contributed by atoms with E-state index in [4.69, 9.17) is 4.74 Å². The molecule has 0 bridgehead atoms. The number of unbranched alkanes of at least 4 members (excludes halogenated alkanes) is 1. The van der Waals surface area contributed by atoms with Crippen molar-refractivity contribution in [2.24, 2.45) is 5.92 Å². The van der Waals surface area contributed by atoms with Crippen LogP contribution in [0.15, 0.2) is 0 Å². The van der Waals surface area contributed by atoms with Crippen molar-refractivity contribution in [1.82, 2.24) is 0 Å². The summed E-state index contributed by atoms with van der Waals surface area (Å²) in [6, 6.07) is 0. The molecular weight excluding hydrogens is 164 g/mol.